The Hall–Kier alpha value is -2.15. The molecule has 0 radical (unpaired) electrons. The van der Waals surface area contributed by atoms with Gasteiger partial charge in [-0.1, -0.05) is 0 Å². The lowest BCUT2D eigenvalue weighted by Crippen LogP contribution is -2.21. The van der Waals surface area contributed by atoms with Gasteiger partial charge in [-0.3, -0.25) is 4.79 Å². The number of nitrogens with one attached hydrogen (secondary N) is 2. The van der Waals surface area contributed by atoms with Gasteiger partial charge in [-0.2, -0.15) is 0 Å². The van der Waals surface area contributed by atoms with Crippen LogP contribution in [0.2, 0.25) is 0 Å². The first-order valence-corrected chi connectivity index (χ1v) is 6.18. The molecule has 1 aromatic rings. The summed E-state index contributed by atoms with van der Waals surface area (Å²) in [6.07, 6.45) is 0.616. The van der Waals surface area contributed by atoms with Crippen molar-refractivity contribution in [3.63, 3.8) is 0 Å². The Morgan fingerprint density at radius 2 is 2.25 bits per heavy atom. The van der Waals surface area contributed by atoms with Crippen LogP contribution >= 0.6 is 0 Å². The SMILES string of the molecule is CNC(=O)c1ccc(NOC(=O)[C@@H]2CCOC2)cc1F. The fourth-order valence-electron chi connectivity index (χ4n) is 1.81. The first kappa shape index (κ1) is 14.3. The van der Waals surface area contributed by atoms with E-state index in [4.69, 9.17) is 9.57 Å². The number of halogens is 1. The number of benzene rings is 1. The van der Waals surface area contributed by atoms with Gasteiger partial charge in [0.2, 0.25) is 0 Å². The summed E-state index contributed by atoms with van der Waals surface area (Å²) in [4.78, 5) is 27.8. The molecule has 0 spiro atoms. The molecule has 1 fully saturated rings. The van der Waals surface area contributed by atoms with Crippen molar-refractivity contribution in [1.82, 2.24) is 5.32 Å². The molecule has 1 aliphatic rings. The van der Waals surface area contributed by atoms with E-state index in [1.54, 1.807) is 0 Å². The third-order valence-corrected chi connectivity index (χ3v) is 2.97. The zero-order valence-electron chi connectivity index (χ0n) is 10.9. The molecule has 2 N–H and O–H groups in total. The number of rotatable bonds is 4. The molecule has 1 heterocycles. The monoisotopic (exact) mass is 282 g/mol. The highest BCUT2D eigenvalue weighted by molar-refractivity contribution is 5.94. The van der Waals surface area contributed by atoms with Crippen molar-refractivity contribution >= 4 is 17.6 Å². The number of ether oxygens (including phenoxy) is 1. The third kappa shape index (κ3) is 3.24. The molecular formula is C13H15FN2O4. The van der Waals surface area contributed by atoms with Crippen LogP contribution in [0.3, 0.4) is 0 Å². The summed E-state index contributed by atoms with van der Waals surface area (Å²) in [5.41, 5.74) is 2.55. The van der Waals surface area contributed by atoms with Crippen LogP contribution in [-0.4, -0.2) is 32.1 Å². The van der Waals surface area contributed by atoms with Crippen molar-refractivity contribution in [3.05, 3.63) is 29.6 Å². The fraction of sp³-hybridized carbons (Fsp3) is 0.385. The molecule has 0 aliphatic carbocycles. The van der Waals surface area contributed by atoms with E-state index in [1.807, 2.05) is 0 Å². The van der Waals surface area contributed by atoms with Gasteiger partial charge in [-0.15, -0.1) is 0 Å². The average Bonchev–Trinajstić information content (AvgIpc) is 2.98. The van der Waals surface area contributed by atoms with Crippen LogP contribution in [0.1, 0.15) is 16.8 Å². The summed E-state index contributed by atoms with van der Waals surface area (Å²) in [7, 11) is 1.42. The molecule has 2 rings (SSSR count). The van der Waals surface area contributed by atoms with Crippen molar-refractivity contribution in [2.24, 2.45) is 5.92 Å². The summed E-state index contributed by atoms with van der Waals surface area (Å²) in [6, 6.07) is 3.85. The highest BCUT2D eigenvalue weighted by Crippen LogP contribution is 2.17. The second kappa shape index (κ2) is 6.33. The number of hydrogen-bond donors (Lipinski definition) is 2. The molecule has 1 aromatic carbocycles. The molecule has 1 saturated heterocycles. The van der Waals surface area contributed by atoms with Crippen LogP contribution in [0.15, 0.2) is 18.2 Å². The van der Waals surface area contributed by atoms with E-state index in [1.165, 1.54) is 19.2 Å². The van der Waals surface area contributed by atoms with Gasteiger partial charge in [0.25, 0.3) is 5.91 Å². The van der Waals surface area contributed by atoms with E-state index in [2.05, 4.69) is 10.8 Å². The third-order valence-electron chi connectivity index (χ3n) is 2.97. The van der Waals surface area contributed by atoms with E-state index in [0.717, 1.165) is 6.07 Å². The number of hydrogen-bond acceptors (Lipinski definition) is 5. The summed E-state index contributed by atoms with van der Waals surface area (Å²) in [6.45, 7) is 0.875. The molecule has 20 heavy (non-hydrogen) atoms. The predicted octanol–water partition coefficient (Wildman–Crippen LogP) is 1.09. The normalized spacial score (nSPS) is 17.6. The highest BCUT2D eigenvalue weighted by atomic mass is 19.1. The molecular weight excluding hydrogens is 267 g/mol. The van der Waals surface area contributed by atoms with E-state index >= 15 is 0 Å². The lowest BCUT2D eigenvalue weighted by molar-refractivity contribution is -0.145. The Morgan fingerprint density at radius 1 is 1.45 bits per heavy atom. The molecule has 108 valence electrons. The Labute approximate surface area is 115 Å². The van der Waals surface area contributed by atoms with Crippen molar-refractivity contribution in [1.29, 1.82) is 0 Å². The number of anilines is 1. The fourth-order valence-corrected chi connectivity index (χ4v) is 1.81. The van der Waals surface area contributed by atoms with Crippen LogP contribution in [0.4, 0.5) is 10.1 Å². The van der Waals surface area contributed by atoms with Gasteiger partial charge in [-0.25, -0.2) is 14.7 Å². The minimum Gasteiger partial charge on any atom is -0.381 e. The summed E-state index contributed by atoms with van der Waals surface area (Å²) in [5, 5.41) is 2.33. The first-order chi connectivity index (χ1) is 9.61. The van der Waals surface area contributed by atoms with E-state index in [-0.39, 0.29) is 17.2 Å². The minimum absolute atomic E-state index is 0.0754. The number of carbonyl (C=O) groups excluding carboxylic acids is 2. The number of amides is 1. The zero-order valence-corrected chi connectivity index (χ0v) is 10.9. The maximum Gasteiger partial charge on any atom is 0.337 e. The van der Waals surface area contributed by atoms with Gasteiger partial charge < -0.3 is 14.9 Å². The predicted molar refractivity (Wildman–Crippen MR) is 68.4 cm³/mol. The van der Waals surface area contributed by atoms with Gasteiger partial charge in [0.15, 0.2) is 0 Å². The Bertz CT molecular complexity index is 515. The Kier molecular flexibility index (Phi) is 4.52. The van der Waals surface area contributed by atoms with Crippen molar-refractivity contribution in [3.8, 4) is 0 Å². The molecule has 1 aliphatic heterocycles. The minimum atomic E-state index is -0.699. The smallest absolute Gasteiger partial charge is 0.337 e. The highest BCUT2D eigenvalue weighted by Gasteiger charge is 2.25. The second-order valence-electron chi connectivity index (χ2n) is 4.36. The second-order valence-corrected chi connectivity index (χ2v) is 4.36. The maximum absolute atomic E-state index is 13.7. The van der Waals surface area contributed by atoms with Crippen LogP contribution in [-0.2, 0) is 14.4 Å². The van der Waals surface area contributed by atoms with Crippen LogP contribution < -0.4 is 10.8 Å². The topological polar surface area (TPSA) is 76.7 Å². The van der Waals surface area contributed by atoms with Gasteiger partial charge >= 0.3 is 5.97 Å². The largest absolute Gasteiger partial charge is 0.381 e. The van der Waals surface area contributed by atoms with Crippen molar-refractivity contribution in [2.45, 2.75) is 6.42 Å². The van der Waals surface area contributed by atoms with E-state index in [0.29, 0.717) is 19.6 Å². The van der Waals surface area contributed by atoms with Gasteiger partial charge in [0, 0.05) is 19.7 Å². The molecule has 1 amide bonds. The molecule has 0 unspecified atom stereocenters. The van der Waals surface area contributed by atoms with E-state index < -0.39 is 17.7 Å². The average molecular weight is 282 g/mol. The molecule has 6 nitrogen and oxygen atoms in total. The van der Waals surface area contributed by atoms with E-state index in [9.17, 15) is 14.0 Å². The first-order valence-electron chi connectivity index (χ1n) is 6.18. The molecule has 1 atom stereocenters. The standard InChI is InChI=1S/C13H15FN2O4/c1-15-12(17)10-3-2-9(6-11(10)14)16-20-13(18)8-4-5-19-7-8/h2-3,6,8,16H,4-5,7H2,1H3,(H,15,17)/t8-/m1/s1. The van der Waals surface area contributed by atoms with Crippen molar-refractivity contribution in [2.75, 3.05) is 25.7 Å². The van der Waals surface area contributed by atoms with Gasteiger partial charge in [0.1, 0.15) is 5.82 Å². The van der Waals surface area contributed by atoms with Crippen LogP contribution in [0.5, 0.6) is 0 Å². The zero-order chi connectivity index (χ0) is 14.5. The van der Waals surface area contributed by atoms with Crippen LogP contribution in [0, 0.1) is 11.7 Å². The maximum atomic E-state index is 13.7. The lowest BCUT2D eigenvalue weighted by Gasteiger charge is -2.10. The lowest BCUT2D eigenvalue weighted by atomic mass is 10.1. The summed E-state index contributed by atoms with van der Waals surface area (Å²) >= 11 is 0. The summed E-state index contributed by atoms with van der Waals surface area (Å²) < 4.78 is 18.7. The van der Waals surface area contributed by atoms with Crippen LogP contribution in [0.25, 0.3) is 0 Å². The molecule has 0 bridgehead atoms. The van der Waals surface area contributed by atoms with Gasteiger partial charge in [-0.05, 0) is 18.6 Å². The quantitative estimate of drug-likeness (QED) is 0.808. The Balaban J connectivity index is 1.95. The molecule has 0 saturated carbocycles. The Morgan fingerprint density at radius 3 is 2.85 bits per heavy atom. The molecule has 7 heteroatoms. The van der Waals surface area contributed by atoms with Gasteiger partial charge in [0.05, 0.1) is 23.8 Å². The summed E-state index contributed by atoms with van der Waals surface area (Å²) in [5.74, 6) is -1.96. The number of carbonyl (C=O) groups is 2. The van der Waals surface area contributed by atoms with Crippen molar-refractivity contribution < 1.29 is 23.6 Å². The molecule has 0 aromatic heterocycles.